The fourth-order valence-corrected chi connectivity index (χ4v) is 4.20. The maximum absolute atomic E-state index is 13.2. The average molecular weight is 341 g/mol. The van der Waals surface area contributed by atoms with E-state index < -0.39 is 19.5 Å². The Hall–Kier alpha value is -2.23. The summed E-state index contributed by atoms with van der Waals surface area (Å²) in [6, 6.07) is 6.86. The zero-order valence-electron chi connectivity index (χ0n) is 11.7. The van der Waals surface area contributed by atoms with Gasteiger partial charge in [-0.3, -0.25) is 0 Å². The van der Waals surface area contributed by atoms with E-state index in [1.807, 2.05) is 0 Å². The molecule has 1 aliphatic rings. The molecule has 0 radical (unpaired) electrons. The van der Waals surface area contributed by atoms with Crippen molar-refractivity contribution < 1.29 is 22.3 Å². The van der Waals surface area contributed by atoms with Gasteiger partial charge in [0.15, 0.2) is 5.69 Å². The van der Waals surface area contributed by atoms with Crippen LogP contribution in [-0.4, -0.2) is 20.5 Å². The highest BCUT2D eigenvalue weighted by Gasteiger charge is 2.42. The number of hydrogen-bond acceptors (Lipinski definition) is 3. The van der Waals surface area contributed by atoms with E-state index in [0.717, 1.165) is 16.2 Å². The van der Waals surface area contributed by atoms with Crippen LogP contribution in [0.1, 0.15) is 11.3 Å². The normalized spacial score (nSPS) is 21.3. The van der Waals surface area contributed by atoms with Gasteiger partial charge in [0.25, 0.3) is 0 Å². The number of para-hydroxylation sites is 1. The fraction of sp³-hybridized carbons (Fsp3) is 0.214. The number of fused-ring (bicyclic) bond motifs is 1. The lowest BCUT2D eigenvalue weighted by Gasteiger charge is -2.34. The maximum atomic E-state index is 13.2. The van der Waals surface area contributed by atoms with Crippen molar-refractivity contribution in [1.82, 2.24) is 14.0 Å². The Balaban J connectivity index is 2.06. The van der Waals surface area contributed by atoms with Gasteiger partial charge in [0.2, 0.25) is 0 Å². The molecule has 1 aliphatic heterocycles. The number of benzene rings is 1. The topological polar surface area (TPSA) is 47.4 Å². The van der Waals surface area contributed by atoms with Gasteiger partial charge in [-0.15, -0.1) is 6.42 Å². The Morgan fingerprint density at radius 1 is 1.39 bits per heavy atom. The maximum Gasteiger partial charge on any atom is 0.434 e. The molecule has 9 heteroatoms. The monoisotopic (exact) mass is 341 g/mol. The van der Waals surface area contributed by atoms with E-state index in [4.69, 9.17) is 10.9 Å². The standard InChI is InChI=1S/C14H11F3N3O2P/c1-2-7-19-8-11-5-3-4-6-12(11)22-23(19,21)20-9-13(18-10-20)14(15,16)17/h1,3-6,9-10H,7-8H2. The number of halogens is 3. The molecule has 0 saturated heterocycles. The number of nitrogens with zero attached hydrogens (tertiary/aromatic N) is 3. The van der Waals surface area contributed by atoms with E-state index in [9.17, 15) is 17.7 Å². The summed E-state index contributed by atoms with van der Waals surface area (Å²) in [5, 5.41) is 0. The Kier molecular flexibility index (Phi) is 3.71. The third kappa shape index (κ3) is 2.74. The molecule has 0 N–H and O–H groups in total. The summed E-state index contributed by atoms with van der Waals surface area (Å²) in [6.07, 6.45) is 2.16. The number of rotatable bonds is 2. The first-order valence-electron chi connectivity index (χ1n) is 6.53. The van der Waals surface area contributed by atoms with Crippen LogP contribution in [0.4, 0.5) is 13.2 Å². The van der Waals surface area contributed by atoms with E-state index in [1.165, 1.54) is 4.67 Å². The summed E-state index contributed by atoms with van der Waals surface area (Å²) in [7, 11) is -3.83. The molecule has 0 spiro atoms. The fourth-order valence-electron chi connectivity index (χ4n) is 2.24. The molecule has 5 nitrogen and oxygen atoms in total. The molecule has 1 atom stereocenters. The number of terminal acetylenes is 1. The molecule has 3 rings (SSSR count). The number of hydrogen-bond donors (Lipinski definition) is 0. The van der Waals surface area contributed by atoms with Crippen LogP contribution in [0.3, 0.4) is 0 Å². The Labute approximate surface area is 130 Å². The van der Waals surface area contributed by atoms with Crippen LogP contribution in [-0.2, 0) is 17.3 Å². The molecule has 0 bridgehead atoms. The van der Waals surface area contributed by atoms with E-state index in [1.54, 1.807) is 24.3 Å². The molecule has 23 heavy (non-hydrogen) atoms. The molecular formula is C14H11F3N3O2P. The molecule has 0 fully saturated rings. The predicted octanol–water partition coefficient (Wildman–Crippen LogP) is 3.39. The van der Waals surface area contributed by atoms with Crippen LogP contribution in [0.2, 0.25) is 0 Å². The Bertz CT molecular complexity index is 825. The predicted molar refractivity (Wildman–Crippen MR) is 76.5 cm³/mol. The Morgan fingerprint density at radius 3 is 2.78 bits per heavy atom. The lowest BCUT2D eigenvalue weighted by Crippen LogP contribution is -2.30. The van der Waals surface area contributed by atoms with Gasteiger partial charge >= 0.3 is 13.8 Å². The largest absolute Gasteiger partial charge is 0.434 e. The van der Waals surface area contributed by atoms with Gasteiger partial charge in [0.1, 0.15) is 12.1 Å². The van der Waals surface area contributed by atoms with Crippen molar-refractivity contribution in [2.75, 3.05) is 6.54 Å². The first-order valence-corrected chi connectivity index (χ1v) is 8.06. The lowest BCUT2D eigenvalue weighted by atomic mass is 10.2. The summed E-state index contributed by atoms with van der Waals surface area (Å²) in [5.74, 6) is 2.70. The van der Waals surface area contributed by atoms with Gasteiger partial charge in [-0.1, -0.05) is 24.1 Å². The van der Waals surface area contributed by atoms with Crippen molar-refractivity contribution in [3.63, 3.8) is 0 Å². The van der Waals surface area contributed by atoms with Crippen LogP contribution in [0.5, 0.6) is 5.75 Å². The van der Waals surface area contributed by atoms with Crippen molar-refractivity contribution >= 4 is 7.67 Å². The quantitative estimate of drug-likeness (QED) is 0.621. The summed E-state index contributed by atoms with van der Waals surface area (Å²) in [4.78, 5) is 3.27. The molecule has 0 saturated carbocycles. The first-order chi connectivity index (χ1) is 10.8. The van der Waals surface area contributed by atoms with Crippen LogP contribution in [0, 0.1) is 12.3 Å². The average Bonchev–Trinajstić information content (AvgIpc) is 2.99. The van der Waals surface area contributed by atoms with E-state index in [0.29, 0.717) is 11.9 Å². The van der Waals surface area contributed by atoms with Crippen molar-refractivity contribution in [2.24, 2.45) is 0 Å². The second kappa shape index (κ2) is 5.44. The molecule has 1 unspecified atom stereocenters. The third-order valence-electron chi connectivity index (χ3n) is 3.33. The zero-order chi connectivity index (χ0) is 16.7. The third-order valence-corrected chi connectivity index (χ3v) is 5.56. The minimum absolute atomic E-state index is 0.0366. The second-order valence-corrected chi connectivity index (χ2v) is 7.04. The van der Waals surface area contributed by atoms with Crippen molar-refractivity contribution in [2.45, 2.75) is 12.7 Å². The highest BCUT2D eigenvalue weighted by atomic mass is 31.2. The van der Waals surface area contributed by atoms with Gasteiger partial charge in [-0.25, -0.2) is 13.9 Å². The van der Waals surface area contributed by atoms with Crippen molar-refractivity contribution in [1.29, 1.82) is 0 Å². The Morgan fingerprint density at radius 2 is 2.13 bits per heavy atom. The molecule has 2 aromatic rings. The van der Waals surface area contributed by atoms with Crippen LogP contribution < -0.4 is 4.52 Å². The van der Waals surface area contributed by atoms with E-state index in [-0.39, 0.29) is 13.1 Å². The van der Waals surface area contributed by atoms with Crippen LogP contribution in [0.15, 0.2) is 36.8 Å². The summed E-state index contributed by atoms with van der Waals surface area (Å²) >= 11 is 0. The second-order valence-electron chi connectivity index (χ2n) is 4.85. The molecule has 2 heterocycles. The highest BCUT2D eigenvalue weighted by Crippen LogP contribution is 2.56. The van der Waals surface area contributed by atoms with Gasteiger partial charge in [0, 0.05) is 18.3 Å². The first kappa shape index (κ1) is 15.7. The smallest absolute Gasteiger partial charge is 0.417 e. The van der Waals surface area contributed by atoms with Crippen LogP contribution in [0.25, 0.3) is 0 Å². The number of imidazole rings is 1. The lowest BCUT2D eigenvalue weighted by molar-refractivity contribution is -0.140. The molecule has 0 amide bonds. The van der Waals surface area contributed by atoms with Gasteiger partial charge < -0.3 is 4.52 Å². The van der Waals surface area contributed by atoms with Gasteiger partial charge in [0.05, 0.1) is 6.54 Å². The summed E-state index contributed by atoms with van der Waals surface area (Å²) in [6.45, 7) is 0.169. The van der Waals surface area contributed by atoms with Gasteiger partial charge in [-0.2, -0.15) is 17.8 Å². The zero-order valence-corrected chi connectivity index (χ0v) is 12.6. The van der Waals surface area contributed by atoms with Crippen molar-refractivity contribution in [3.05, 3.63) is 48.0 Å². The molecule has 0 aliphatic carbocycles. The van der Waals surface area contributed by atoms with E-state index >= 15 is 0 Å². The molecule has 1 aromatic carbocycles. The number of alkyl halides is 3. The minimum atomic E-state index is -4.63. The minimum Gasteiger partial charge on any atom is -0.417 e. The highest BCUT2D eigenvalue weighted by molar-refractivity contribution is 7.55. The molecular weight excluding hydrogens is 330 g/mol. The molecule has 120 valence electrons. The van der Waals surface area contributed by atoms with Crippen LogP contribution >= 0.6 is 7.67 Å². The van der Waals surface area contributed by atoms with E-state index in [2.05, 4.69) is 10.9 Å². The van der Waals surface area contributed by atoms with Gasteiger partial charge in [-0.05, 0) is 6.07 Å². The SMILES string of the molecule is C#CCN1Cc2ccccc2OP1(=O)n1cnc(C(F)(F)F)c1. The summed E-state index contributed by atoms with van der Waals surface area (Å²) < 4.78 is 59.1. The summed E-state index contributed by atoms with van der Waals surface area (Å²) in [5.41, 5.74) is -0.388. The number of aromatic nitrogens is 2. The molecule has 1 aromatic heterocycles. The van der Waals surface area contributed by atoms with Crippen molar-refractivity contribution in [3.8, 4) is 18.1 Å².